The van der Waals surface area contributed by atoms with E-state index < -0.39 is 0 Å². The normalized spacial score (nSPS) is 16.5. The largest absolute Gasteiger partial charge is 0.496 e. The number of rotatable bonds is 4. The second-order valence-electron chi connectivity index (χ2n) is 7.84. The van der Waals surface area contributed by atoms with Gasteiger partial charge in [-0.3, -0.25) is 18.8 Å². The van der Waals surface area contributed by atoms with Crippen LogP contribution in [-0.4, -0.2) is 49.1 Å². The number of aryl methyl sites for hydroxylation is 2. The van der Waals surface area contributed by atoms with Crippen LogP contribution >= 0.6 is 0 Å². The highest BCUT2D eigenvalue weighted by molar-refractivity contribution is 6.06. The molecule has 1 aromatic carbocycles. The molecule has 160 valence electrons. The van der Waals surface area contributed by atoms with E-state index in [0.29, 0.717) is 0 Å². The van der Waals surface area contributed by atoms with E-state index in [1.54, 1.807) is 29.5 Å². The summed E-state index contributed by atoms with van der Waals surface area (Å²) in [5.74, 6) is 0.717. The van der Waals surface area contributed by atoms with E-state index in [1.807, 2.05) is 61.3 Å². The standard InChI is InChI=1S/C22H25N7O2/c1-6-28-11-14(9-24-28)15-7-16-17(8-20(15)31-5)23-10-18-21(16)29(22(30)27(18)4)19-12-26(3)25-13(19)2/h7-13,25H,6H2,1-5H3. The number of pyridine rings is 1. The molecule has 1 unspecified atom stereocenters. The minimum Gasteiger partial charge on any atom is -0.496 e. The van der Waals surface area contributed by atoms with Gasteiger partial charge in [0, 0.05) is 55.6 Å². The van der Waals surface area contributed by atoms with Crippen LogP contribution in [0.1, 0.15) is 13.8 Å². The second-order valence-corrected chi connectivity index (χ2v) is 7.84. The number of hydrazine groups is 1. The number of aromatic nitrogens is 5. The smallest absolute Gasteiger partial charge is 0.333 e. The lowest BCUT2D eigenvalue weighted by atomic mass is 10.0. The molecule has 0 fully saturated rings. The number of hydrogen-bond acceptors (Lipinski definition) is 6. The van der Waals surface area contributed by atoms with Gasteiger partial charge < -0.3 is 9.75 Å². The zero-order valence-corrected chi connectivity index (χ0v) is 18.2. The Morgan fingerprint density at radius 2 is 2.03 bits per heavy atom. The van der Waals surface area contributed by atoms with Crippen LogP contribution in [0.2, 0.25) is 0 Å². The third-order valence-corrected chi connectivity index (χ3v) is 5.90. The molecule has 1 aliphatic heterocycles. The SMILES string of the molecule is CCn1cc(-c2cc3c(cc2OC)ncc2c3n(C3=CN(C)NC3C)c(=O)n2C)cn1. The molecule has 0 radical (unpaired) electrons. The molecule has 0 spiro atoms. The van der Waals surface area contributed by atoms with Crippen molar-refractivity contribution in [1.29, 1.82) is 0 Å². The number of fused-ring (bicyclic) bond motifs is 3. The average molecular weight is 419 g/mol. The van der Waals surface area contributed by atoms with Crippen LogP contribution in [0.15, 0.2) is 41.7 Å². The first-order chi connectivity index (χ1) is 14.9. The van der Waals surface area contributed by atoms with Gasteiger partial charge in [-0.15, -0.1) is 0 Å². The fraction of sp³-hybridized carbons (Fsp3) is 0.318. The van der Waals surface area contributed by atoms with Crippen molar-refractivity contribution < 1.29 is 4.74 Å². The highest BCUT2D eigenvalue weighted by Crippen LogP contribution is 2.36. The fourth-order valence-electron chi connectivity index (χ4n) is 4.30. The van der Waals surface area contributed by atoms with Crippen LogP contribution in [0.4, 0.5) is 0 Å². The van der Waals surface area contributed by atoms with E-state index in [0.717, 1.165) is 51.1 Å². The molecule has 1 aliphatic rings. The summed E-state index contributed by atoms with van der Waals surface area (Å²) >= 11 is 0. The quantitative estimate of drug-likeness (QED) is 0.547. The number of methoxy groups -OCH3 is 1. The van der Waals surface area contributed by atoms with Crippen molar-refractivity contribution in [3.8, 4) is 16.9 Å². The minimum atomic E-state index is -0.101. The summed E-state index contributed by atoms with van der Waals surface area (Å²) in [6.45, 7) is 4.87. The predicted octanol–water partition coefficient (Wildman–Crippen LogP) is 2.42. The first kappa shape index (κ1) is 19.4. The summed E-state index contributed by atoms with van der Waals surface area (Å²) in [7, 11) is 5.35. The molecule has 1 N–H and O–H groups in total. The molecule has 31 heavy (non-hydrogen) atoms. The van der Waals surface area contributed by atoms with Gasteiger partial charge in [0.05, 0.1) is 47.8 Å². The van der Waals surface area contributed by atoms with Crippen LogP contribution in [-0.2, 0) is 13.6 Å². The maximum absolute atomic E-state index is 13.3. The summed E-state index contributed by atoms with van der Waals surface area (Å²) in [6, 6.07) is 3.97. The molecule has 0 saturated carbocycles. The van der Waals surface area contributed by atoms with E-state index in [9.17, 15) is 4.79 Å². The van der Waals surface area contributed by atoms with Crippen molar-refractivity contribution in [2.24, 2.45) is 7.05 Å². The Bertz CT molecular complexity index is 1410. The van der Waals surface area contributed by atoms with Crippen molar-refractivity contribution in [2.75, 3.05) is 14.2 Å². The first-order valence-corrected chi connectivity index (χ1v) is 10.2. The van der Waals surface area contributed by atoms with E-state index in [-0.39, 0.29) is 11.7 Å². The molecule has 0 aliphatic carbocycles. The maximum Gasteiger partial charge on any atom is 0.333 e. The molecule has 0 bridgehead atoms. The number of hydrogen-bond donors (Lipinski definition) is 1. The highest BCUT2D eigenvalue weighted by atomic mass is 16.5. The minimum absolute atomic E-state index is 0.00276. The number of nitrogens with zero attached hydrogens (tertiary/aromatic N) is 6. The van der Waals surface area contributed by atoms with Crippen molar-refractivity contribution in [3.63, 3.8) is 0 Å². The molecule has 0 amide bonds. The summed E-state index contributed by atoms with van der Waals surface area (Å²) in [5, 5.41) is 7.17. The van der Waals surface area contributed by atoms with Gasteiger partial charge in [-0.25, -0.2) is 10.2 Å². The van der Waals surface area contributed by atoms with Crippen LogP contribution in [0.25, 0.3) is 38.8 Å². The predicted molar refractivity (Wildman–Crippen MR) is 121 cm³/mol. The van der Waals surface area contributed by atoms with Gasteiger partial charge >= 0.3 is 5.69 Å². The van der Waals surface area contributed by atoms with Crippen LogP contribution in [0.5, 0.6) is 5.75 Å². The molecular formula is C22H25N7O2. The zero-order chi connectivity index (χ0) is 21.9. The van der Waals surface area contributed by atoms with Crippen molar-refractivity contribution in [3.05, 3.63) is 47.4 Å². The zero-order valence-electron chi connectivity index (χ0n) is 18.2. The average Bonchev–Trinajstić information content (AvgIpc) is 3.44. The Morgan fingerprint density at radius 1 is 1.23 bits per heavy atom. The molecular weight excluding hydrogens is 394 g/mol. The van der Waals surface area contributed by atoms with E-state index in [4.69, 9.17) is 4.74 Å². The Kier molecular flexibility index (Phi) is 4.37. The maximum atomic E-state index is 13.3. The van der Waals surface area contributed by atoms with Gasteiger partial charge in [-0.05, 0) is 19.9 Å². The third kappa shape index (κ3) is 2.84. The monoisotopic (exact) mass is 419 g/mol. The topological polar surface area (TPSA) is 82.1 Å². The van der Waals surface area contributed by atoms with Gasteiger partial charge in [0.2, 0.25) is 0 Å². The fourth-order valence-corrected chi connectivity index (χ4v) is 4.30. The van der Waals surface area contributed by atoms with Gasteiger partial charge in [0.25, 0.3) is 0 Å². The van der Waals surface area contributed by atoms with E-state index >= 15 is 0 Å². The first-order valence-electron chi connectivity index (χ1n) is 10.2. The summed E-state index contributed by atoms with van der Waals surface area (Å²) in [5.41, 5.74) is 8.34. The van der Waals surface area contributed by atoms with Gasteiger partial charge in [-0.2, -0.15) is 5.10 Å². The molecule has 9 heteroatoms. The molecule has 1 atom stereocenters. The lowest BCUT2D eigenvalue weighted by molar-refractivity contribution is 0.339. The number of ether oxygens (including phenoxy) is 1. The number of nitrogens with one attached hydrogen (secondary N) is 1. The van der Waals surface area contributed by atoms with Crippen molar-refractivity contribution in [2.45, 2.75) is 26.4 Å². The van der Waals surface area contributed by atoms with Gasteiger partial charge in [-0.1, -0.05) is 0 Å². The van der Waals surface area contributed by atoms with Crippen LogP contribution in [0, 0.1) is 0 Å². The molecule has 4 aromatic rings. The Hall–Kier alpha value is -3.59. The molecule has 9 nitrogen and oxygen atoms in total. The van der Waals surface area contributed by atoms with Crippen LogP contribution in [0.3, 0.4) is 0 Å². The Labute approximate surface area is 179 Å². The molecule has 3 aromatic heterocycles. The lowest BCUT2D eigenvalue weighted by Gasteiger charge is -2.13. The van der Waals surface area contributed by atoms with Crippen molar-refractivity contribution in [1.82, 2.24) is 34.3 Å². The molecule has 0 saturated heterocycles. The summed E-state index contributed by atoms with van der Waals surface area (Å²) in [4.78, 5) is 17.9. The van der Waals surface area contributed by atoms with E-state index in [1.165, 1.54) is 0 Å². The number of imidazole rings is 1. The number of benzene rings is 1. The summed E-state index contributed by atoms with van der Waals surface area (Å²) < 4.78 is 11.0. The summed E-state index contributed by atoms with van der Waals surface area (Å²) in [6.07, 6.45) is 7.53. The second kappa shape index (κ2) is 6.98. The molecule has 4 heterocycles. The van der Waals surface area contributed by atoms with Gasteiger partial charge in [0.1, 0.15) is 5.75 Å². The van der Waals surface area contributed by atoms with Crippen molar-refractivity contribution >= 4 is 27.6 Å². The third-order valence-electron chi connectivity index (χ3n) is 5.90. The molecule has 5 rings (SSSR count). The Morgan fingerprint density at radius 3 is 2.68 bits per heavy atom. The Balaban J connectivity index is 1.87. The van der Waals surface area contributed by atoms with Gasteiger partial charge in [0.15, 0.2) is 0 Å². The highest BCUT2D eigenvalue weighted by Gasteiger charge is 2.25. The van der Waals surface area contributed by atoms with E-state index in [2.05, 4.69) is 15.5 Å². The lowest BCUT2D eigenvalue weighted by Crippen LogP contribution is -2.33. The van der Waals surface area contributed by atoms with Crippen LogP contribution < -0.4 is 15.9 Å².